The van der Waals surface area contributed by atoms with Crippen molar-refractivity contribution in [3.8, 4) is 0 Å². The van der Waals surface area contributed by atoms with E-state index >= 15 is 0 Å². The largest absolute Gasteiger partial charge is 0.339 e. The summed E-state index contributed by atoms with van der Waals surface area (Å²) in [6, 6.07) is 8.28. The number of hydrogen-bond acceptors (Lipinski definition) is 4. The molecule has 1 aromatic carbocycles. The fourth-order valence-corrected chi connectivity index (χ4v) is 4.36. The maximum atomic E-state index is 12.6. The van der Waals surface area contributed by atoms with Crippen LogP contribution in [0.2, 0.25) is 0 Å². The number of carbonyl (C=O) groups is 1. The Labute approximate surface area is 144 Å². The molecule has 1 fully saturated rings. The third kappa shape index (κ3) is 2.82. The third-order valence-corrected chi connectivity index (χ3v) is 5.84. The van der Waals surface area contributed by atoms with E-state index in [-0.39, 0.29) is 5.91 Å². The number of fused-ring (bicyclic) bond motifs is 1. The molecule has 24 heavy (non-hydrogen) atoms. The Balaban J connectivity index is 1.43. The minimum Gasteiger partial charge on any atom is -0.339 e. The van der Waals surface area contributed by atoms with Gasteiger partial charge in [0.1, 0.15) is 0 Å². The first-order valence-corrected chi connectivity index (χ1v) is 9.23. The van der Waals surface area contributed by atoms with Gasteiger partial charge in [-0.15, -0.1) is 11.3 Å². The Morgan fingerprint density at radius 2 is 2.08 bits per heavy atom. The Kier molecular flexibility index (Phi) is 4.06. The number of benzene rings is 1. The highest BCUT2D eigenvalue weighted by atomic mass is 32.1. The molecular weight excluding hydrogens is 320 g/mol. The van der Waals surface area contributed by atoms with E-state index in [1.807, 2.05) is 24.1 Å². The second kappa shape index (κ2) is 6.36. The first-order valence-electron chi connectivity index (χ1n) is 8.42. The molecule has 6 heteroatoms. The van der Waals surface area contributed by atoms with Crippen LogP contribution in [-0.4, -0.2) is 38.7 Å². The number of aryl methyl sites for hydroxylation is 1. The molecule has 4 rings (SSSR count). The highest BCUT2D eigenvalue weighted by molar-refractivity contribution is 7.18. The van der Waals surface area contributed by atoms with E-state index in [4.69, 9.17) is 4.98 Å². The molecule has 0 unspecified atom stereocenters. The SMILES string of the molecule is CCn1cc(C(=O)N2CCC(c3nc4ccccc4s3)CC2)cn1. The lowest BCUT2D eigenvalue weighted by molar-refractivity contribution is 0.0713. The van der Waals surface area contributed by atoms with Crippen LogP contribution in [0.5, 0.6) is 0 Å². The number of carbonyl (C=O) groups excluding carboxylic acids is 1. The average Bonchev–Trinajstić information content (AvgIpc) is 3.28. The number of piperidine rings is 1. The topological polar surface area (TPSA) is 51.0 Å². The molecule has 0 atom stereocenters. The van der Waals surface area contributed by atoms with E-state index in [9.17, 15) is 4.79 Å². The van der Waals surface area contributed by atoms with Gasteiger partial charge in [0, 0.05) is 31.7 Å². The summed E-state index contributed by atoms with van der Waals surface area (Å²) < 4.78 is 3.04. The smallest absolute Gasteiger partial charge is 0.257 e. The summed E-state index contributed by atoms with van der Waals surface area (Å²) in [4.78, 5) is 19.3. The Hall–Kier alpha value is -2.21. The molecule has 5 nitrogen and oxygen atoms in total. The molecule has 0 bridgehead atoms. The summed E-state index contributed by atoms with van der Waals surface area (Å²) in [7, 11) is 0. The maximum Gasteiger partial charge on any atom is 0.257 e. The zero-order valence-corrected chi connectivity index (χ0v) is 14.5. The fourth-order valence-electron chi connectivity index (χ4n) is 3.22. The van der Waals surface area contributed by atoms with Crippen LogP contribution in [0.25, 0.3) is 10.2 Å². The summed E-state index contributed by atoms with van der Waals surface area (Å²) in [5, 5.41) is 5.41. The van der Waals surface area contributed by atoms with Crippen molar-refractivity contribution in [3.05, 3.63) is 47.2 Å². The Morgan fingerprint density at radius 3 is 2.79 bits per heavy atom. The van der Waals surface area contributed by atoms with Gasteiger partial charge >= 0.3 is 0 Å². The molecular formula is C18H20N4OS. The van der Waals surface area contributed by atoms with Crippen LogP contribution < -0.4 is 0 Å². The summed E-state index contributed by atoms with van der Waals surface area (Å²) in [6.45, 7) is 4.38. The number of amides is 1. The van der Waals surface area contributed by atoms with Gasteiger partial charge in [0.2, 0.25) is 0 Å². The molecule has 0 saturated carbocycles. The molecule has 2 aromatic heterocycles. The number of aromatic nitrogens is 3. The van der Waals surface area contributed by atoms with Crippen LogP contribution in [0.15, 0.2) is 36.7 Å². The maximum absolute atomic E-state index is 12.6. The van der Waals surface area contributed by atoms with E-state index in [1.54, 1.807) is 22.2 Å². The second-order valence-corrected chi connectivity index (χ2v) is 7.23. The summed E-state index contributed by atoms with van der Waals surface area (Å²) in [5.74, 6) is 0.558. The number of hydrogen-bond donors (Lipinski definition) is 0. The monoisotopic (exact) mass is 340 g/mol. The number of nitrogens with zero attached hydrogens (tertiary/aromatic N) is 4. The highest BCUT2D eigenvalue weighted by Crippen LogP contribution is 2.34. The van der Waals surface area contributed by atoms with Gasteiger partial charge in [0.15, 0.2) is 0 Å². The molecule has 124 valence electrons. The van der Waals surface area contributed by atoms with E-state index in [0.29, 0.717) is 11.5 Å². The standard InChI is InChI=1S/C18H20N4OS/c1-2-22-12-14(11-19-22)18(23)21-9-7-13(8-10-21)17-20-15-5-3-4-6-16(15)24-17/h3-6,11-13H,2,7-10H2,1H3. The second-order valence-electron chi connectivity index (χ2n) is 6.17. The summed E-state index contributed by atoms with van der Waals surface area (Å²) >= 11 is 1.79. The van der Waals surface area contributed by atoms with Crippen LogP contribution in [0.4, 0.5) is 0 Å². The molecule has 0 N–H and O–H groups in total. The lowest BCUT2D eigenvalue weighted by Gasteiger charge is -2.30. The van der Waals surface area contributed by atoms with Gasteiger partial charge in [-0.2, -0.15) is 5.10 Å². The zero-order chi connectivity index (χ0) is 16.5. The molecule has 1 aliphatic heterocycles. The van der Waals surface area contributed by atoms with E-state index in [1.165, 1.54) is 9.71 Å². The van der Waals surface area contributed by atoms with Gasteiger partial charge in [-0.1, -0.05) is 12.1 Å². The molecule has 0 aliphatic carbocycles. The predicted octanol–water partition coefficient (Wildman–Crippen LogP) is 3.53. The van der Waals surface area contributed by atoms with Gasteiger partial charge in [-0.3, -0.25) is 9.48 Å². The first-order chi connectivity index (χ1) is 11.7. The number of thiazole rings is 1. The summed E-state index contributed by atoms with van der Waals surface area (Å²) in [6.07, 6.45) is 5.47. The van der Waals surface area contributed by atoms with E-state index in [0.717, 1.165) is 38.0 Å². The molecule has 1 saturated heterocycles. The molecule has 0 spiro atoms. The van der Waals surface area contributed by atoms with Crippen molar-refractivity contribution in [1.29, 1.82) is 0 Å². The van der Waals surface area contributed by atoms with E-state index < -0.39 is 0 Å². The van der Waals surface area contributed by atoms with Crippen molar-refractivity contribution in [1.82, 2.24) is 19.7 Å². The van der Waals surface area contributed by atoms with Crippen molar-refractivity contribution in [2.24, 2.45) is 0 Å². The highest BCUT2D eigenvalue weighted by Gasteiger charge is 2.27. The minimum atomic E-state index is 0.0949. The number of para-hydroxylation sites is 1. The van der Waals surface area contributed by atoms with Crippen molar-refractivity contribution >= 4 is 27.5 Å². The van der Waals surface area contributed by atoms with Gasteiger partial charge in [0.05, 0.1) is 27.0 Å². The minimum absolute atomic E-state index is 0.0949. The lowest BCUT2D eigenvalue weighted by atomic mass is 9.97. The van der Waals surface area contributed by atoms with Crippen molar-refractivity contribution < 1.29 is 4.79 Å². The van der Waals surface area contributed by atoms with Crippen LogP contribution in [0.1, 0.15) is 41.0 Å². The molecule has 0 radical (unpaired) electrons. The van der Waals surface area contributed by atoms with Crippen LogP contribution >= 0.6 is 11.3 Å². The fraction of sp³-hybridized carbons (Fsp3) is 0.389. The van der Waals surface area contributed by atoms with Gasteiger partial charge < -0.3 is 4.90 Å². The predicted molar refractivity (Wildman–Crippen MR) is 95.4 cm³/mol. The van der Waals surface area contributed by atoms with Gasteiger partial charge in [-0.25, -0.2) is 4.98 Å². The molecule has 3 heterocycles. The quantitative estimate of drug-likeness (QED) is 0.733. The van der Waals surface area contributed by atoms with Gasteiger partial charge in [-0.05, 0) is 31.9 Å². The van der Waals surface area contributed by atoms with Gasteiger partial charge in [0.25, 0.3) is 5.91 Å². The normalized spacial score (nSPS) is 16.0. The number of likely N-dealkylation sites (tertiary alicyclic amines) is 1. The zero-order valence-electron chi connectivity index (χ0n) is 13.7. The molecule has 3 aromatic rings. The summed E-state index contributed by atoms with van der Waals surface area (Å²) in [5.41, 5.74) is 1.78. The lowest BCUT2D eigenvalue weighted by Crippen LogP contribution is -2.37. The first kappa shape index (κ1) is 15.3. The van der Waals surface area contributed by atoms with E-state index in [2.05, 4.69) is 23.3 Å². The third-order valence-electron chi connectivity index (χ3n) is 4.65. The Bertz CT molecular complexity index is 828. The molecule has 1 aliphatic rings. The number of rotatable bonds is 3. The van der Waals surface area contributed by atoms with Crippen LogP contribution in [0.3, 0.4) is 0 Å². The molecule has 1 amide bonds. The van der Waals surface area contributed by atoms with Crippen LogP contribution in [0, 0.1) is 0 Å². The van der Waals surface area contributed by atoms with Crippen molar-refractivity contribution in [2.45, 2.75) is 32.2 Å². The van der Waals surface area contributed by atoms with Crippen LogP contribution in [-0.2, 0) is 6.54 Å². The average molecular weight is 340 g/mol. The van der Waals surface area contributed by atoms with Crippen molar-refractivity contribution in [3.63, 3.8) is 0 Å². The Morgan fingerprint density at radius 1 is 1.29 bits per heavy atom. The van der Waals surface area contributed by atoms with Crippen molar-refractivity contribution in [2.75, 3.05) is 13.1 Å².